The Labute approximate surface area is 246 Å². The van der Waals surface area contributed by atoms with E-state index >= 15 is 0 Å². The second-order valence-corrected chi connectivity index (χ2v) is 12.0. The van der Waals surface area contributed by atoms with Crippen molar-refractivity contribution in [3.8, 4) is 0 Å². The molecule has 5 rings (SSSR count). The van der Waals surface area contributed by atoms with E-state index in [1.807, 2.05) is 12.1 Å². The molecule has 4 aromatic rings. The van der Waals surface area contributed by atoms with Crippen LogP contribution in [0.1, 0.15) is 24.0 Å². The molecule has 0 aliphatic carbocycles. The zero-order valence-electron chi connectivity index (χ0n) is 22.6. The highest BCUT2D eigenvalue weighted by atomic mass is 32.2. The topological polar surface area (TPSA) is 77.6 Å². The molecule has 0 saturated carbocycles. The van der Waals surface area contributed by atoms with Gasteiger partial charge in [-0.2, -0.15) is 0 Å². The van der Waals surface area contributed by atoms with Gasteiger partial charge in [0.1, 0.15) is 17.7 Å². The van der Waals surface area contributed by atoms with Crippen LogP contribution in [0.15, 0.2) is 72.2 Å². The Hall–Kier alpha value is -3.54. The molecule has 0 radical (unpaired) electrons. The van der Waals surface area contributed by atoms with Gasteiger partial charge in [0.05, 0.1) is 15.7 Å². The maximum absolute atomic E-state index is 13.9. The molecule has 0 spiro atoms. The van der Waals surface area contributed by atoms with Crippen LogP contribution in [0.25, 0.3) is 10.2 Å². The summed E-state index contributed by atoms with van der Waals surface area (Å²) in [5.74, 6) is -1.32. The van der Waals surface area contributed by atoms with E-state index < -0.39 is 29.6 Å². The summed E-state index contributed by atoms with van der Waals surface area (Å²) in [6, 6.07) is 17.4. The fraction of sp³-hybridized carbons (Fsp3) is 0.300. The number of aromatic nitrogens is 1. The van der Waals surface area contributed by atoms with Gasteiger partial charge in [-0.05, 0) is 66.6 Å². The number of likely N-dealkylation sites (N-methyl/N-ethyl adjacent to an activating group) is 1. The van der Waals surface area contributed by atoms with E-state index in [4.69, 9.17) is 0 Å². The van der Waals surface area contributed by atoms with E-state index in [0.717, 1.165) is 48.6 Å². The minimum atomic E-state index is -1.07. The number of halogens is 2. The first-order chi connectivity index (χ1) is 19.8. The van der Waals surface area contributed by atoms with Crippen LogP contribution in [0, 0.1) is 17.6 Å². The van der Waals surface area contributed by atoms with Gasteiger partial charge in [-0.15, -0.1) is 11.3 Å². The summed E-state index contributed by atoms with van der Waals surface area (Å²) < 4.78 is 33.7. The highest BCUT2D eigenvalue weighted by Gasteiger charge is 2.27. The van der Waals surface area contributed by atoms with Crippen molar-refractivity contribution in [2.45, 2.75) is 31.7 Å². The van der Waals surface area contributed by atoms with Crippen molar-refractivity contribution < 1.29 is 18.4 Å². The normalized spacial score (nSPS) is 15.0. The van der Waals surface area contributed by atoms with E-state index in [1.54, 1.807) is 24.7 Å². The molecule has 1 fully saturated rings. The van der Waals surface area contributed by atoms with Gasteiger partial charge in [0.15, 0.2) is 0 Å². The summed E-state index contributed by atoms with van der Waals surface area (Å²) in [5, 5.41) is 2.72. The number of nitrogens with one attached hydrogen (secondary N) is 2. The highest BCUT2D eigenvalue weighted by molar-refractivity contribution is 7.95. The number of nitrogens with zero attached hydrogens (tertiary/aromatic N) is 3. The Kier molecular flexibility index (Phi) is 9.48. The Morgan fingerprint density at radius 3 is 2.51 bits per heavy atom. The maximum Gasteiger partial charge on any atom is 0.326 e. The largest absolute Gasteiger partial charge is 0.326 e. The first-order valence-corrected chi connectivity index (χ1v) is 15.1. The lowest BCUT2D eigenvalue weighted by molar-refractivity contribution is -0.120. The fourth-order valence-corrected chi connectivity index (χ4v) is 6.35. The highest BCUT2D eigenvalue weighted by Crippen LogP contribution is 2.26. The number of anilines is 1. The van der Waals surface area contributed by atoms with Crippen LogP contribution in [0.2, 0.25) is 0 Å². The van der Waals surface area contributed by atoms with Gasteiger partial charge < -0.3 is 10.2 Å². The molecule has 0 unspecified atom stereocenters. The molecule has 2 heterocycles. The van der Waals surface area contributed by atoms with E-state index in [-0.39, 0.29) is 12.0 Å². The average molecular weight is 596 g/mol. The third-order valence-electron chi connectivity index (χ3n) is 7.21. The van der Waals surface area contributed by atoms with Gasteiger partial charge in [-0.1, -0.05) is 30.3 Å². The van der Waals surface area contributed by atoms with Gasteiger partial charge >= 0.3 is 6.03 Å². The maximum atomic E-state index is 13.9. The smallest absolute Gasteiger partial charge is 0.325 e. The SMILES string of the molecule is CN(C(=O)[C@H](Cc1cc(F)cc(F)c1)NC(=O)NSN1CCC(Cc2ccccc2)CC1)c1ccc2scnc2c1. The van der Waals surface area contributed by atoms with Gasteiger partial charge in [-0.3, -0.25) is 9.52 Å². The van der Waals surface area contributed by atoms with Crippen molar-refractivity contribution in [1.29, 1.82) is 0 Å². The van der Waals surface area contributed by atoms with Crippen LogP contribution in [0.4, 0.5) is 19.3 Å². The van der Waals surface area contributed by atoms with Crippen molar-refractivity contribution in [3.05, 3.63) is 95.0 Å². The number of rotatable bonds is 9. The van der Waals surface area contributed by atoms with Crippen molar-refractivity contribution in [2.24, 2.45) is 5.92 Å². The second-order valence-electron chi connectivity index (χ2n) is 10.2. The lowest BCUT2D eigenvalue weighted by atomic mass is 9.91. The Bertz CT molecular complexity index is 1470. The number of urea groups is 1. The number of benzene rings is 3. The molecule has 1 atom stereocenters. The minimum absolute atomic E-state index is 0.0836. The lowest BCUT2D eigenvalue weighted by Gasteiger charge is -2.31. The molecule has 1 aliphatic heterocycles. The summed E-state index contributed by atoms with van der Waals surface area (Å²) in [6.45, 7) is 1.66. The van der Waals surface area contributed by atoms with Crippen LogP contribution in [0.3, 0.4) is 0 Å². The van der Waals surface area contributed by atoms with Crippen LogP contribution < -0.4 is 14.9 Å². The molecular formula is C30H31F2N5O2S2. The molecule has 0 bridgehead atoms. The average Bonchev–Trinajstić information content (AvgIpc) is 3.44. The molecule has 1 aliphatic rings. The third kappa shape index (κ3) is 7.81. The summed E-state index contributed by atoms with van der Waals surface area (Å²) >= 11 is 2.70. The fourth-order valence-electron chi connectivity index (χ4n) is 5.03. The summed E-state index contributed by atoms with van der Waals surface area (Å²) in [5.41, 5.74) is 4.68. The van der Waals surface area contributed by atoms with Gasteiger partial charge in [-0.25, -0.2) is 22.9 Å². The molecule has 7 nitrogen and oxygen atoms in total. The van der Waals surface area contributed by atoms with Crippen LogP contribution in [-0.2, 0) is 17.6 Å². The predicted molar refractivity (Wildman–Crippen MR) is 161 cm³/mol. The molecule has 1 aromatic heterocycles. The molecule has 3 amide bonds. The van der Waals surface area contributed by atoms with Crippen molar-refractivity contribution in [3.63, 3.8) is 0 Å². The van der Waals surface area contributed by atoms with E-state index in [0.29, 0.717) is 11.6 Å². The quantitative estimate of drug-likeness (QED) is 0.233. The van der Waals surface area contributed by atoms with E-state index in [9.17, 15) is 18.4 Å². The van der Waals surface area contributed by atoms with Crippen molar-refractivity contribution >= 4 is 51.3 Å². The van der Waals surface area contributed by atoms with Crippen LogP contribution in [0.5, 0.6) is 0 Å². The molecular weight excluding hydrogens is 564 g/mol. The Balaban J connectivity index is 1.20. The van der Waals surface area contributed by atoms with Crippen LogP contribution >= 0.6 is 23.5 Å². The van der Waals surface area contributed by atoms with Crippen molar-refractivity contribution in [2.75, 3.05) is 25.0 Å². The number of amides is 3. The summed E-state index contributed by atoms with van der Waals surface area (Å²) in [7, 11) is 1.60. The van der Waals surface area contributed by atoms with E-state index in [1.165, 1.54) is 46.1 Å². The Morgan fingerprint density at radius 1 is 1.05 bits per heavy atom. The first kappa shape index (κ1) is 29.0. The molecule has 3 aromatic carbocycles. The standard InChI is InChI=1S/C30H31F2N5O2S2/c1-36(25-7-8-28-26(18-25)33-19-40-28)29(38)27(16-22-14-23(31)17-24(32)15-22)34-30(39)35-41-37-11-9-21(10-12-37)13-20-5-3-2-4-6-20/h2-8,14-15,17-19,21,27H,9-13,16H2,1H3,(H2,34,35,39)/t27-/m0/s1. The van der Waals surface area contributed by atoms with Gasteiger partial charge in [0.2, 0.25) is 5.91 Å². The van der Waals surface area contributed by atoms with Gasteiger partial charge in [0.25, 0.3) is 0 Å². The monoisotopic (exact) mass is 595 g/mol. The molecule has 11 heteroatoms. The number of fused-ring (bicyclic) bond motifs is 1. The lowest BCUT2D eigenvalue weighted by Crippen LogP contribution is -2.51. The minimum Gasteiger partial charge on any atom is -0.325 e. The summed E-state index contributed by atoms with van der Waals surface area (Å²) in [4.78, 5) is 32.2. The number of thiazole rings is 1. The Morgan fingerprint density at radius 2 is 1.78 bits per heavy atom. The number of carbonyl (C=O) groups excluding carboxylic acids is 2. The predicted octanol–water partition coefficient (Wildman–Crippen LogP) is 5.97. The first-order valence-electron chi connectivity index (χ1n) is 13.4. The zero-order valence-corrected chi connectivity index (χ0v) is 24.2. The number of hydrogen-bond acceptors (Lipinski definition) is 6. The third-order valence-corrected chi connectivity index (χ3v) is 8.92. The number of hydrogen-bond donors (Lipinski definition) is 2. The van der Waals surface area contributed by atoms with Gasteiger partial charge in [0, 0.05) is 50.4 Å². The second kappa shape index (κ2) is 13.4. The van der Waals surface area contributed by atoms with E-state index in [2.05, 4.69) is 43.6 Å². The number of carbonyl (C=O) groups is 2. The molecule has 2 N–H and O–H groups in total. The molecule has 1 saturated heterocycles. The zero-order chi connectivity index (χ0) is 28.8. The number of piperidine rings is 1. The van der Waals surface area contributed by atoms with Crippen molar-refractivity contribution in [1.82, 2.24) is 19.3 Å². The van der Waals surface area contributed by atoms with Crippen LogP contribution in [-0.4, -0.2) is 47.4 Å². The summed E-state index contributed by atoms with van der Waals surface area (Å²) in [6.07, 6.45) is 3.00. The molecule has 41 heavy (non-hydrogen) atoms. The molecule has 214 valence electrons.